The Morgan fingerprint density at radius 1 is 0.867 bits per heavy atom. The lowest BCUT2D eigenvalue weighted by Gasteiger charge is -2.38. The van der Waals surface area contributed by atoms with E-state index >= 15 is 0 Å². The number of carbonyl (C=O) groups excluding carboxylic acids is 1. The van der Waals surface area contributed by atoms with Crippen LogP contribution in [-0.2, 0) is 0 Å². The van der Waals surface area contributed by atoms with Crippen LogP contribution >= 0.6 is 0 Å². The van der Waals surface area contributed by atoms with Gasteiger partial charge in [-0.1, -0.05) is 54.6 Å². The summed E-state index contributed by atoms with van der Waals surface area (Å²) >= 11 is 0. The second-order valence-electron chi connectivity index (χ2n) is 7.30. The fraction of sp³-hybridized carbons (Fsp3) is 0.115. The average Bonchev–Trinajstić information content (AvgIpc) is 2.79. The molecule has 148 valence electrons. The molecule has 0 aromatic heterocycles. The van der Waals surface area contributed by atoms with Crippen molar-refractivity contribution in [1.29, 1.82) is 0 Å². The molecular weight excluding hydrogens is 372 g/mol. The molecule has 30 heavy (non-hydrogen) atoms. The van der Waals surface area contributed by atoms with Crippen molar-refractivity contribution >= 4 is 28.1 Å². The van der Waals surface area contributed by atoms with E-state index in [0.717, 1.165) is 33.5 Å². The Morgan fingerprint density at radius 2 is 1.60 bits per heavy atom. The lowest BCUT2D eigenvalue weighted by molar-refractivity contribution is 0.0975. The third kappa shape index (κ3) is 3.16. The Balaban J connectivity index is 1.62. The first-order valence-electron chi connectivity index (χ1n) is 10.2. The molecule has 4 aromatic carbocycles. The molecule has 4 aromatic rings. The van der Waals surface area contributed by atoms with Gasteiger partial charge in [0.25, 0.3) is 5.91 Å². The molecule has 1 aliphatic heterocycles. The lowest BCUT2D eigenvalue weighted by atomic mass is 10.0. The van der Waals surface area contributed by atoms with Gasteiger partial charge in [-0.2, -0.15) is 0 Å². The Bertz CT molecular complexity index is 1220. The predicted molar refractivity (Wildman–Crippen MR) is 121 cm³/mol. The zero-order valence-corrected chi connectivity index (χ0v) is 16.7. The summed E-state index contributed by atoms with van der Waals surface area (Å²) < 4.78 is 5.58. The number of ether oxygens (including phenoxy) is 1. The summed E-state index contributed by atoms with van der Waals surface area (Å²) in [4.78, 5) is 15.4. The van der Waals surface area contributed by atoms with E-state index in [1.807, 2.05) is 78.6 Å². The molecule has 0 fully saturated rings. The van der Waals surface area contributed by atoms with Crippen molar-refractivity contribution in [3.63, 3.8) is 0 Å². The number of anilines is 2. The molecule has 0 saturated carbocycles. The number of hydrogen-bond donors (Lipinski definition) is 1. The zero-order valence-electron chi connectivity index (χ0n) is 16.7. The highest BCUT2D eigenvalue weighted by molar-refractivity contribution is 6.12. The van der Waals surface area contributed by atoms with Gasteiger partial charge in [0.15, 0.2) is 0 Å². The SMILES string of the molecule is CCOc1ccc(C2Nc3ccccc3C(=O)N2c2ccc3ccccc3c2)cc1. The smallest absolute Gasteiger partial charge is 0.262 e. The van der Waals surface area contributed by atoms with Gasteiger partial charge in [-0.25, -0.2) is 0 Å². The summed E-state index contributed by atoms with van der Waals surface area (Å²) in [7, 11) is 0. The lowest BCUT2D eigenvalue weighted by Crippen LogP contribution is -2.43. The van der Waals surface area contributed by atoms with E-state index in [1.165, 1.54) is 0 Å². The average molecular weight is 394 g/mol. The van der Waals surface area contributed by atoms with E-state index in [2.05, 4.69) is 29.6 Å². The first-order valence-corrected chi connectivity index (χ1v) is 10.2. The van der Waals surface area contributed by atoms with Crippen LogP contribution in [0.15, 0.2) is 91.0 Å². The molecule has 0 spiro atoms. The van der Waals surface area contributed by atoms with E-state index in [9.17, 15) is 4.79 Å². The van der Waals surface area contributed by atoms with Crippen molar-refractivity contribution < 1.29 is 9.53 Å². The maximum atomic E-state index is 13.6. The van der Waals surface area contributed by atoms with Gasteiger partial charge in [-0.15, -0.1) is 0 Å². The molecule has 0 aliphatic carbocycles. The van der Waals surface area contributed by atoms with Crippen LogP contribution in [0.4, 0.5) is 11.4 Å². The van der Waals surface area contributed by atoms with Crippen LogP contribution in [0.2, 0.25) is 0 Å². The second-order valence-corrected chi connectivity index (χ2v) is 7.30. The van der Waals surface area contributed by atoms with E-state index < -0.39 is 0 Å². The van der Waals surface area contributed by atoms with Crippen molar-refractivity contribution in [2.45, 2.75) is 13.1 Å². The number of benzene rings is 4. The largest absolute Gasteiger partial charge is 0.494 e. The minimum atomic E-state index is -0.316. The van der Waals surface area contributed by atoms with Crippen LogP contribution in [0.5, 0.6) is 5.75 Å². The Hall–Kier alpha value is -3.79. The topological polar surface area (TPSA) is 41.6 Å². The van der Waals surface area contributed by atoms with Crippen molar-refractivity contribution in [3.05, 3.63) is 102 Å². The van der Waals surface area contributed by atoms with Crippen LogP contribution in [0, 0.1) is 0 Å². The van der Waals surface area contributed by atoms with Crippen LogP contribution in [-0.4, -0.2) is 12.5 Å². The first kappa shape index (κ1) is 18.3. The molecular formula is C26H22N2O2. The molecule has 1 heterocycles. The molecule has 1 amide bonds. The van der Waals surface area contributed by atoms with Gasteiger partial charge in [-0.3, -0.25) is 9.69 Å². The molecule has 1 N–H and O–H groups in total. The molecule has 1 aliphatic rings. The molecule has 0 saturated heterocycles. The number of hydrogen-bond acceptors (Lipinski definition) is 3. The fourth-order valence-electron chi connectivity index (χ4n) is 3.99. The number of nitrogens with zero attached hydrogens (tertiary/aromatic N) is 1. The van der Waals surface area contributed by atoms with Gasteiger partial charge < -0.3 is 10.1 Å². The van der Waals surface area contributed by atoms with Crippen LogP contribution in [0.25, 0.3) is 10.8 Å². The van der Waals surface area contributed by atoms with Crippen molar-refractivity contribution in [2.75, 3.05) is 16.8 Å². The monoisotopic (exact) mass is 394 g/mol. The number of para-hydroxylation sites is 1. The molecule has 4 heteroatoms. The highest BCUT2D eigenvalue weighted by Gasteiger charge is 2.34. The van der Waals surface area contributed by atoms with Crippen molar-refractivity contribution in [3.8, 4) is 5.75 Å². The minimum Gasteiger partial charge on any atom is -0.494 e. The fourth-order valence-corrected chi connectivity index (χ4v) is 3.99. The normalized spacial score (nSPS) is 15.6. The maximum absolute atomic E-state index is 13.6. The third-order valence-electron chi connectivity index (χ3n) is 5.44. The van der Waals surface area contributed by atoms with Gasteiger partial charge in [-0.05, 0) is 59.7 Å². The van der Waals surface area contributed by atoms with Crippen LogP contribution in [0.1, 0.15) is 29.0 Å². The number of carbonyl (C=O) groups is 1. The summed E-state index contributed by atoms with van der Waals surface area (Å²) in [6.45, 7) is 2.59. The summed E-state index contributed by atoms with van der Waals surface area (Å²) in [6, 6.07) is 29.9. The van der Waals surface area contributed by atoms with Gasteiger partial charge in [0.05, 0.1) is 12.2 Å². The summed E-state index contributed by atoms with van der Waals surface area (Å²) in [6.07, 6.45) is -0.316. The molecule has 0 radical (unpaired) electrons. The van der Waals surface area contributed by atoms with E-state index in [4.69, 9.17) is 4.74 Å². The minimum absolute atomic E-state index is 0.0153. The molecule has 1 unspecified atom stereocenters. The highest BCUT2D eigenvalue weighted by atomic mass is 16.5. The molecule has 0 bridgehead atoms. The van der Waals surface area contributed by atoms with Gasteiger partial charge in [0, 0.05) is 11.4 Å². The Morgan fingerprint density at radius 3 is 2.40 bits per heavy atom. The van der Waals surface area contributed by atoms with Crippen LogP contribution < -0.4 is 15.0 Å². The van der Waals surface area contributed by atoms with Gasteiger partial charge in [0.1, 0.15) is 11.9 Å². The van der Waals surface area contributed by atoms with E-state index in [1.54, 1.807) is 0 Å². The van der Waals surface area contributed by atoms with Crippen molar-refractivity contribution in [1.82, 2.24) is 0 Å². The van der Waals surface area contributed by atoms with Gasteiger partial charge >= 0.3 is 0 Å². The molecule has 1 atom stereocenters. The zero-order chi connectivity index (χ0) is 20.5. The summed E-state index contributed by atoms with van der Waals surface area (Å²) in [5.74, 6) is 0.805. The standard InChI is InChI=1S/C26H22N2O2/c1-2-30-22-15-12-19(13-16-22)25-27-24-10-6-5-9-23(24)26(29)28(25)21-14-11-18-7-3-4-8-20(18)17-21/h3-17,25,27H,2H2,1H3. The van der Waals surface area contributed by atoms with Gasteiger partial charge in [0.2, 0.25) is 0 Å². The number of fused-ring (bicyclic) bond motifs is 2. The Kier molecular flexibility index (Phi) is 4.60. The molecule has 4 nitrogen and oxygen atoms in total. The number of amides is 1. The predicted octanol–water partition coefficient (Wildman–Crippen LogP) is 6.01. The quantitative estimate of drug-likeness (QED) is 0.461. The maximum Gasteiger partial charge on any atom is 0.262 e. The Labute approximate surface area is 175 Å². The highest BCUT2D eigenvalue weighted by Crippen LogP contribution is 2.37. The number of nitrogens with one attached hydrogen (secondary N) is 1. The number of rotatable bonds is 4. The van der Waals surface area contributed by atoms with Crippen molar-refractivity contribution in [2.24, 2.45) is 0 Å². The third-order valence-corrected chi connectivity index (χ3v) is 5.44. The second kappa shape index (κ2) is 7.56. The summed E-state index contributed by atoms with van der Waals surface area (Å²) in [5, 5.41) is 5.81. The van der Waals surface area contributed by atoms with Crippen LogP contribution in [0.3, 0.4) is 0 Å². The summed E-state index contributed by atoms with van der Waals surface area (Å²) in [5.41, 5.74) is 3.38. The molecule has 5 rings (SSSR count). The first-order chi connectivity index (χ1) is 14.7. The van der Waals surface area contributed by atoms with E-state index in [-0.39, 0.29) is 12.1 Å². The van der Waals surface area contributed by atoms with E-state index in [0.29, 0.717) is 12.2 Å².